The number of nitrogens with two attached hydrogens (primary N) is 1. The molecule has 0 aliphatic heterocycles. The Morgan fingerprint density at radius 3 is 0.404 bits per heavy atom. The Hall–Kier alpha value is -2.44. The number of carboxylic acid groups (broad SMARTS) is 4. The van der Waals surface area contributed by atoms with Crippen LogP contribution < -0.4 is 16.4 Å². The van der Waals surface area contributed by atoms with E-state index in [4.69, 9.17) is 51.7 Å². The first-order valence-corrected chi connectivity index (χ1v) is 39.9. The minimum Gasteiger partial charge on any atom is -0.481 e. The molecule has 0 aromatic rings. The molecule has 0 unspecified atom stereocenters. The average molecular weight is 1350 g/mol. The summed E-state index contributed by atoms with van der Waals surface area (Å²) in [5.41, 5.74) is 4.78. The van der Waals surface area contributed by atoms with Crippen LogP contribution in [0.1, 0.15) is 413 Å². The molecule has 570 valence electrons. The molecule has 0 saturated carbocycles. The molecule has 0 aromatic heterocycles. The highest BCUT2D eigenvalue weighted by Gasteiger charge is 2.02. The van der Waals surface area contributed by atoms with Gasteiger partial charge in [-0.2, -0.15) is 0 Å². The molecule has 0 saturated heterocycles. The number of unbranched alkanes of at least 4 members (excludes halogenated alkanes) is 52. The van der Waals surface area contributed by atoms with Crippen molar-refractivity contribution in [3.63, 3.8) is 0 Å². The van der Waals surface area contributed by atoms with Gasteiger partial charge in [-0.1, -0.05) is 362 Å². The number of aliphatic hydroxyl groups is 5. The maximum absolute atomic E-state index is 10.3. The van der Waals surface area contributed by atoms with Crippen molar-refractivity contribution < 1.29 is 65.1 Å². The third-order valence-corrected chi connectivity index (χ3v) is 16.3. The molecule has 0 aliphatic carbocycles. The zero-order valence-corrected chi connectivity index (χ0v) is 62.7. The maximum Gasteiger partial charge on any atom is 0.303 e. The summed E-state index contributed by atoms with van der Waals surface area (Å²) in [6.07, 6.45) is 74.9. The van der Waals surface area contributed by atoms with Crippen molar-refractivity contribution in [1.29, 1.82) is 0 Å². The van der Waals surface area contributed by atoms with Gasteiger partial charge in [-0.25, -0.2) is 0 Å². The van der Waals surface area contributed by atoms with E-state index in [-0.39, 0.29) is 33.0 Å². The topological polar surface area (TPSA) is 300 Å². The van der Waals surface area contributed by atoms with Crippen LogP contribution in [0.25, 0.3) is 0 Å². The molecule has 0 fully saturated rings. The Morgan fingerprint density at radius 2 is 0.319 bits per heavy atom. The minimum absolute atomic E-state index is 0.0972. The van der Waals surface area contributed by atoms with Gasteiger partial charge in [-0.15, -0.1) is 0 Å². The van der Waals surface area contributed by atoms with Gasteiger partial charge in [0.2, 0.25) is 0 Å². The number of nitrogens with one attached hydrogen (secondary N) is 2. The Bertz CT molecular complexity index is 1220. The average Bonchev–Trinajstić information content (AvgIpc) is 3.57. The molecule has 13 N–H and O–H groups in total. The largest absolute Gasteiger partial charge is 0.481 e. The van der Waals surface area contributed by atoms with E-state index in [0.29, 0.717) is 58.4 Å². The Balaban J connectivity index is -0.000000197. The molecule has 0 spiro atoms. The smallest absolute Gasteiger partial charge is 0.303 e. The van der Waals surface area contributed by atoms with E-state index in [1.807, 2.05) is 0 Å². The van der Waals surface area contributed by atoms with Gasteiger partial charge in [-0.3, -0.25) is 19.2 Å². The lowest BCUT2D eigenvalue weighted by Gasteiger charge is -2.03. The van der Waals surface area contributed by atoms with Crippen LogP contribution in [0, 0.1) is 0 Å². The molecule has 0 bridgehead atoms. The fourth-order valence-electron chi connectivity index (χ4n) is 10.4. The molecule has 0 aliphatic rings. The Labute approximate surface area is 581 Å². The molecule has 0 atom stereocenters. The van der Waals surface area contributed by atoms with Crippen LogP contribution in [0.4, 0.5) is 0 Å². The Kier molecular flexibility index (Phi) is 122. The summed E-state index contributed by atoms with van der Waals surface area (Å²) < 4.78 is 0. The molecular formula is C78H165N3O13. The lowest BCUT2D eigenvalue weighted by atomic mass is 10.0. The van der Waals surface area contributed by atoms with Crippen molar-refractivity contribution in [2.75, 3.05) is 65.8 Å². The van der Waals surface area contributed by atoms with E-state index >= 15 is 0 Å². The van der Waals surface area contributed by atoms with Crippen molar-refractivity contribution >= 4 is 23.9 Å². The van der Waals surface area contributed by atoms with Crippen LogP contribution in [0.15, 0.2) is 0 Å². The molecule has 94 heavy (non-hydrogen) atoms. The van der Waals surface area contributed by atoms with Crippen molar-refractivity contribution in [3.8, 4) is 0 Å². The molecule has 0 radical (unpaired) electrons. The summed E-state index contributed by atoms with van der Waals surface area (Å²) in [6.45, 7) is 12.4. The van der Waals surface area contributed by atoms with Crippen molar-refractivity contribution in [3.05, 3.63) is 0 Å². The number of aliphatic carboxylic acids is 4. The summed E-state index contributed by atoms with van der Waals surface area (Å²) in [5.74, 6) is -2.62. The predicted octanol–water partition coefficient (Wildman–Crippen LogP) is 19.8. The second kappa shape index (κ2) is 109. The van der Waals surface area contributed by atoms with E-state index < -0.39 is 23.9 Å². The number of hydrogen-bond donors (Lipinski definition) is 12. The lowest BCUT2D eigenvalue weighted by Crippen LogP contribution is -2.21. The number of carbonyl (C=O) groups is 4. The molecule has 0 rings (SSSR count). The first kappa shape index (κ1) is 105. The van der Waals surface area contributed by atoms with E-state index in [9.17, 15) is 19.2 Å². The van der Waals surface area contributed by atoms with Crippen molar-refractivity contribution in [1.82, 2.24) is 10.6 Å². The molecule has 0 aromatic carbocycles. The first-order valence-electron chi connectivity index (χ1n) is 39.9. The summed E-state index contributed by atoms with van der Waals surface area (Å²) in [5, 5.41) is 79.9. The zero-order valence-electron chi connectivity index (χ0n) is 62.7. The first-order chi connectivity index (χ1) is 45.8. The number of hydrogen-bond acceptors (Lipinski definition) is 12. The molecular weight excluding hydrogens is 1190 g/mol. The highest BCUT2D eigenvalue weighted by Crippen LogP contribution is 2.18. The van der Waals surface area contributed by atoms with Crippen molar-refractivity contribution in [2.24, 2.45) is 5.73 Å². The van der Waals surface area contributed by atoms with Gasteiger partial charge in [0.05, 0.1) is 33.0 Å². The van der Waals surface area contributed by atoms with Gasteiger partial charge < -0.3 is 62.3 Å². The van der Waals surface area contributed by atoms with Crippen LogP contribution in [0.3, 0.4) is 0 Å². The van der Waals surface area contributed by atoms with E-state index in [1.165, 1.54) is 308 Å². The minimum atomic E-state index is -0.655. The normalized spacial score (nSPS) is 10.4. The van der Waals surface area contributed by atoms with Gasteiger partial charge >= 0.3 is 23.9 Å². The van der Waals surface area contributed by atoms with Gasteiger partial charge in [-0.05, 0) is 25.7 Å². The second-order valence-corrected chi connectivity index (χ2v) is 25.9. The third-order valence-electron chi connectivity index (χ3n) is 16.3. The molecule has 0 amide bonds. The van der Waals surface area contributed by atoms with E-state index in [1.54, 1.807) is 0 Å². The van der Waals surface area contributed by atoms with Gasteiger partial charge in [0.15, 0.2) is 0 Å². The fraction of sp³-hybridized carbons (Fsp3) is 0.949. The zero-order chi connectivity index (χ0) is 71.2. The van der Waals surface area contributed by atoms with Gasteiger partial charge in [0.1, 0.15) is 0 Å². The standard InChI is InChI=1S/2C18H36O2.2C16H32O2.2C4H11NO2.C2H7NO/c2*1-2-3-4-5-6-7-8-9-10-11-12-13-14-15-16-17-18(19)20;2*1-2-3-4-5-6-7-8-9-10-11-12-13-14-15-16(17)18;2*6-3-1-5-2-4-7;3-1-2-4/h2*2-17H2,1H3,(H,19,20);2*2-15H2,1H3,(H,17,18);2*5-7H,1-4H2;4H,1-3H2. The molecule has 16 heteroatoms. The maximum atomic E-state index is 10.3. The lowest BCUT2D eigenvalue weighted by molar-refractivity contribution is -0.138. The summed E-state index contributed by atoms with van der Waals surface area (Å²) >= 11 is 0. The van der Waals surface area contributed by atoms with Crippen LogP contribution in [-0.2, 0) is 19.2 Å². The predicted molar refractivity (Wildman–Crippen MR) is 400 cm³/mol. The van der Waals surface area contributed by atoms with Crippen molar-refractivity contribution in [2.45, 2.75) is 413 Å². The second-order valence-electron chi connectivity index (χ2n) is 25.9. The van der Waals surface area contributed by atoms with Crippen LogP contribution in [0.2, 0.25) is 0 Å². The number of carboxylic acids is 4. The van der Waals surface area contributed by atoms with E-state index in [0.717, 1.165) is 51.4 Å². The molecule has 16 nitrogen and oxygen atoms in total. The summed E-state index contributed by atoms with van der Waals surface area (Å²) in [7, 11) is 0. The monoisotopic (exact) mass is 1350 g/mol. The van der Waals surface area contributed by atoms with Crippen LogP contribution >= 0.6 is 0 Å². The fourth-order valence-corrected chi connectivity index (χ4v) is 10.4. The number of rotatable bonds is 69. The summed E-state index contributed by atoms with van der Waals surface area (Å²) in [6, 6.07) is 0. The quantitative estimate of drug-likeness (QED) is 0.0252. The SMILES string of the molecule is CCCCCCCCCCCCCCCC(=O)O.CCCCCCCCCCCCCCCC(=O)O.CCCCCCCCCCCCCCCCCC(=O)O.CCCCCCCCCCCCCCCCCC(=O)O.NCCO.OCCNCCO.OCCNCCO. The highest BCUT2D eigenvalue weighted by atomic mass is 16.4. The van der Waals surface area contributed by atoms with Crippen LogP contribution in [0.5, 0.6) is 0 Å². The highest BCUT2D eigenvalue weighted by molar-refractivity contribution is 5.67. The number of aliphatic hydroxyl groups excluding tert-OH is 5. The Morgan fingerprint density at radius 1 is 0.213 bits per heavy atom. The van der Waals surface area contributed by atoms with Gasteiger partial charge in [0.25, 0.3) is 0 Å². The van der Waals surface area contributed by atoms with E-state index in [2.05, 4.69) is 38.3 Å². The van der Waals surface area contributed by atoms with Gasteiger partial charge in [0, 0.05) is 58.4 Å². The summed E-state index contributed by atoms with van der Waals surface area (Å²) in [4.78, 5) is 41.3. The molecule has 0 heterocycles. The third kappa shape index (κ3) is 141. The van der Waals surface area contributed by atoms with Crippen LogP contribution in [-0.4, -0.2) is 136 Å².